The van der Waals surface area contributed by atoms with Gasteiger partial charge in [-0.2, -0.15) is 0 Å². The van der Waals surface area contributed by atoms with Gasteiger partial charge >= 0.3 is 0 Å². The summed E-state index contributed by atoms with van der Waals surface area (Å²) in [5, 5.41) is 0. The van der Waals surface area contributed by atoms with Crippen molar-refractivity contribution in [3.8, 4) is 5.75 Å². The molecule has 5 heteroatoms. The molecule has 5 nitrogen and oxygen atoms in total. The van der Waals surface area contributed by atoms with E-state index in [4.69, 9.17) is 4.74 Å². The van der Waals surface area contributed by atoms with Gasteiger partial charge in [0.1, 0.15) is 5.75 Å². The third-order valence-corrected chi connectivity index (χ3v) is 5.56. The van der Waals surface area contributed by atoms with E-state index in [1.807, 2.05) is 36.4 Å². The highest BCUT2D eigenvalue weighted by molar-refractivity contribution is 6.07. The average Bonchev–Trinajstić information content (AvgIpc) is 2.67. The van der Waals surface area contributed by atoms with Crippen LogP contribution in [0.15, 0.2) is 60.1 Å². The summed E-state index contributed by atoms with van der Waals surface area (Å²) in [6.07, 6.45) is 4.87. The Hall–Kier alpha value is -2.95. The second-order valence-electron chi connectivity index (χ2n) is 8.27. The summed E-state index contributed by atoms with van der Waals surface area (Å²) < 4.78 is 5.34. The van der Waals surface area contributed by atoms with E-state index < -0.39 is 0 Å². The Morgan fingerprint density at radius 2 is 1.86 bits per heavy atom. The van der Waals surface area contributed by atoms with Crippen molar-refractivity contribution in [1.82, 2.24) is 4.98 Å². The lowest BCUT2D eigenvalue weighted by atomic mass is 9.69. The molecule has 1 aliphatic carbocycles. The lowest BCUT2D eigenvalue weighted by molar-refractivity contribution is -0.121. The maximum absolute atomic E-state index is 13.3. The van der Waals surface area contributed by atoms with E-state index >= 15 is 0 Å². The van der Waals surface area contributed by atoms with Crippen molar-refractivity contribution in [2.24, 2.45) is 5.41 Å². The first-order valence-electron chi connectivity index (χ1n) is 9.53. The van der Waals surface area contributed by atoms with E-state index in [-0.39, 0.29) is 29.4 Å². The highest BCUT2D eigenvalue weighted by Crippen LogP contribution is 2.48. The summed E-state index contributed by atoms with van der Waals surface area (Å²) in [5.41, 5.74) is 3.12. The molecule has 1 unspecified atom stereocenters. The molecule has 1 atom stereocenters. The third-order valence-electron chi connectivity index (χ3n) is 5.56. The van der Waals surface area contributed by atoms with Gasteiger partial charge < -0.3 is 4.74 Å². The molecule has 0 N–H and O–H groups in total. The number of hydrogen-bond acceptors (Lipinski definition) is 4. The van der Waals surface area contributed by atoms with E-state index in [0.717, 1.165) is 22.5 Å². The average molecular weight is 376 g/mol. The summed E-state index contributed by atoms with van der Waals surface area (Å²) in [5.74, 6) is 0.605. The van der Waals surface area contributed by atoms with E-state index in [2.05, 4.69) is 18.8 Å². The monoisotopic (exact) mass is 376 g/mol. The molecule has 0 fully saturated rings. The first kappa shape index (κ1) is 18.4. The zero-order valence-electron chi connectivity index (χ0n) is 16.4. The maximum Gasteiger partial charge on any atom is 0.232 e. The molecule has 4 rings (SSSR count). The number of benzene rings is 1. The van der Waals surface area contributed by atoms with Crippen LogP contribution in [0.3, 0.4) is 0 Å². The molecular weight excluding hydrogens is 352 g/mol. The topological polar surface area (TPSA) is 59.5 Å². The van der Waals surface area contributed by atoms with Gasteiger partial charge in [-0.25, -0.2) is 0 Å². The minimum Gasteiger partial charge on any atom is -0.497 e. The van der Waals surface area contributed by atoms with E-state index in [0.29, 0.717) is 18.6 Å². The Bertz CT molecular complexity index is 963. The van der Waals surface area contributed by atoms with Gasteiger partial charge in [0, 0.05) is 48.5 Å². The molecule has 28 heavy (non-hydrogen) atoms. The van der Waals surface area contributed by atoms with Gasteiger partial charge in [-0.15, -0.1) is 0 Å². The van der Waals surface area contributed by atoms with Crippen LogP contribution >= 0.6 is 0 Å². The second-order valence-corrected chi connectivity index (χ2v) is 8.27. The molecule has 1 aromatic carbocycles. The van der Waals surface area contributed by atoms with Gasteiger partial charge in [0.25, 0.3) is 0 Å². The molecule has 144 valence electrons. The van der Waals surface area contributed by atoms with Gasteiger partial charge in [0.15, 0.2) is 5.78 Å². The standard InChI is InChI=1S/C23H24N2O3/c1-23(2)13-19-22(20(26)14-23)18(15-7-9-24-10-8-15)12-21(27)25(19)16-5-4-6-17(11-16)28-3/h4-11,18H,12-14H2,1-3H3. The third kappa shape index (κ3) is 3.21. The number of rotatable bonds is 3. The largest absolute Gasteiger partial charge is 0.497 e. The molecule has 0 saturated carbocycles. The van der Waals surface area contributed by atoms with Crippen LogP contribution in [-0.4, -0.2) is 23.8 Å². The number of methoxy groups -OCH3 is 1. The van der Waals surface area contributed by atoms with Crippen molar-refractivity contribution in [3.63, 3.8) is 0 Å². The number of amides is 1. The minimum absolute atomic E-state index is 0.000634. The van der Waals surface area contributed by atoms with Crippen LogP contribution in [0.4, 0.5) is 5.69 Å². The summed E-state index contributed by atoms with van der Waals surface area (Å²) in [4.78, 5) is 32.3. The van der Waals surface area contributed by atoms with Gasteiger partial charge in [-0.1, -0.05) is 19.9 Å². The zero-order chi connectivity index (χ0) is 19.9. The molecule has 0 spiro atoms. The number of ether oxygens (including phenoxy) is 1. The van der Waals surface area contributed by atoms with Crippen LogP contribution in [0, 0.1) is 5.41 Å². The predicted octanol–water partition coefficient (Wildman–Crippen LogP) is 4.25. The van der Waals surface area contributed by atoms with Crippen molar-refractivity contribution < 1.29 is 14.3 Å². The summed E-state index contributed by atoms with van der Waals surface area (Å²) in [6.45, 7) is 4.16. The Morgan fingerprint density at radius 3 is 2.57 bits per heavy atom. The van der Waals surface area contributed by atoms with Gasteiger partial charge in [-0.3, -0.25) is 19.5 Å². The SMILES string of the molecule is COc1cccc(N2C(=O)CC(c3ccncc3)C3=C2CC(C)(C)CC3=O)c1. The van der Waals surface area contributed by atoms with Crippen LogP contribution in [-0.2, 0) is 9.59 Å². The van der Waals surface area contributed by atoms with Crippen molar-refractivity contribution >= 4 is 17.4 Å². The number of allylic oxidation sites excluding steroid dienone is 2. The number of carbonyl (C=O) groups is 2. The van der Waals surface area contributed by atoms with Crippen LogP contribution in [0.2, 0.25) is 0 Å². The highest BCUT2D eigenvalue weighted by Gasteiger charge is 2.44. The van der Waals surface area contributed by atoms with Gasteiger partial charge in [-0.05, 0) is 41.7 Å². The zero-order valence-corrected chi connectivity index (χ0v) is 16.4. The van der Waals surface area contributed by atoms with Crippen molar-refractivity contribution in [3.05, 3.63) is 65.6 Å². The molecule has 1 aromatic heterocycles. The number of carbonyl (C=O) groups excluding carboxylic acids is 2. The van der Waals surface area contributed by atoms with Crippen LogP contribution in [0.1, 0.15) is 44.6 Å². The van der Waals surface area contributed by atoms with Crippen molar-refractivity contribution in [2.45, 2.75) is 39.0 Å². The lowest BCUT2D eigenvalue weighted by Crippen LogP contribution is -2.43. The molecule has 2 aliphatic rings. The van der Waals surface area contributed by atoms with Gasteiger partial charge in [0.2, 0.25) is 5.91 Å². The smallest absolute Gasteiger partial charge is 0.232 e. The fourth-order valence-corrected chi connectivity index (χ4v) is 4.34. The number of nitrogens with zero attached hydrogens (tertiary/aromatic N) is 2. The van der Waals surface area contributed by atoms with Crippen molar-refractivity contribution in [2.75, 3.05) is 12.0 Å². The molecule has 2 heterocycles. The summed E-state index contributed by atoms with van der Waals surface area (Å²) >= 11 is 0. The normalized spacial score (nSPS) is 21.5. The molecule has 1 aliphatic heterocycles. The number of anilines is 1. The van der Waals surface area contributed by atoms with Crippen LogP contribution < -0.4 is 9.64 Å². The first-order chi connectivity index (χ1) is 13.4. The fourth-order valence-electron chi connectivity index (χ4n) is 4.34. The van der Waals surface area contributed by atoms with E-state index in [1.165, 1.54) is 0 Å². The van der Waals surface area contributed by atoms with Crippen molar-refractivity contribution in [1.29, 1.82) is 0 Å². The maximum atomic E-state index is 13.3. The van der Waals surface area contributed by atoms with E-state index in [9.17, 15) is 9.59 Å². The Balaban J connectivity index is 1.89. The Kier molecular flexibility index (Phi) is 4.53. The summed E-state index contributed by atoms with van der Waals surface area (Å²) in [7, 11) is 1.61. The first-order valence-corrected chi connectivity index (χ1v) is 9.53. The predicted molar refractivity (Wildman–Crippen MR) is 107 cm³/mol. The second kappa shape index (κ2) is 6.89. The Morgan fingerprint density at radius 1 is 1.11 bits per heavy atom. The molecule has 0 radical (unpaired) electrons. The number of pyridine rings is 1. The van der Waals surface area contributed by atoms with Gasteiger partial charge in [0.05, 0.1) is 12.8 Å². The number of Topliss-reactive ketones (excluding diaryl/α,β-unsaturated/α-hetero) is 1. The number of hydrogen-bond donors (Lipinski definition) is 0. The van der Waals surface area contributed by atoms with E-state index in [1.54, 1.807) is 24.4 Å². The Labute approximate surface area is 165 Å². The lowest BCUT2D eigenvalue weighted by Gasteiger charge is -2.43. The molecule has 1 amide bonds. The molecular formula is C23H24N2O3. The number of ketones is 1. The quantitative estimate of drug-likeness (QED) is 0.803. The minimum atomic E-state index is -0.212. The highest BCUT2D eigenvalue weighted by atomic mass is 16.5. The molecule has 0 bridgehead atoms. The molecule has 2 aromatic rings. The van der Waals surface area contributed by atoms with Crippen LogP contribution in [0.25, 0.3) is 0 Å². The summed E-state index contributed by atoms with van der Waals surface area (Å²) in [6, 6.07) is 11.3. The fraction of sp³-hybridized carbons (Fsp3) is 0.348. The number of aromatic nitrogens is 1. The van der Waals surface area contributed by atoms with Crippen LogP contribution in [0.5, 0.6) is 5.75 Å². The molecule has 0 saturated heterocycles.